The molecule has 0 spiro atoms. The summed E-state index contributed by atoms with van der Waals surface area (Å²) in [5.74, 6) is 1.34. The third kappa shape index (κ3) is 4.23. The van der Waals surface area contributed by atoms with Gasteiger partial charge in [-0.15, -0.1) is 0 Å². The molecule has 3 heteroatoms. The second kappa shape index (κ2) is 7.70. The zero-order valence-electron chi connectivity index (χ0n) is 12.6. The third-order valence-electron chi connectivity index (χ3n) is 3.37. The molecule has 2 aromatic carbocycles. The minimum absolute atomic E-state index is 0.458. The molecule has 2 rings (SSSR count). The van der Waals surface area contributed by atoms with Crippen LogP contribution in [0.15, 0.2) is 48.5 Å². The van der Waals surface area contributed by atoms with Gasteiger partial charge in [0.2, 0.25) is 0 Å². The summed E-state index contributed by atoms with van der Waals surface area (Å²) in [5.41, 5.74) is 1.96. The fourth-order valence-corrected chi connectivity index (χ4v) is 2.19. The van der Waals surface area contributed by atoms with E-state index in [4.69, 9.17) is 9.47 Å². The van der Waals surface area contributed by atoms with E-state index in [1.54, 1.807) is 7.11 Å². The average molecular weight is 286 g/mol. The Morgan fingerprint density at radius 3 is 2.48 bits per heavy atom. The molecular formula is C18H22O3. The van der Waals surface area contributed by atoms with Crippen molar-refractivity contribution in [1.82, 2.24) is 0 Å². The predicted molar refractivity (Wildman–Crippen MR) is 83.6 cm³/mol. The van der Waals surface area contributed by atoms with Crippen molar-refractivity contribution in [2.24, 2.45) is 0 Å². The Bertz CT molecular complexity index is 552. The van der Waals surface area contributed by atoms with Crippen LogP contribution in [0, 0.1) is 0 Å². The molecule has 0 aliphatic carbocycles. The highest BCUT2D eigenvalue weighted by Crippen LogP contribution is 2.32. The molecule has 0 heterocycles. The van der Waals surface area contributed by atoms with E-state index in [1.165, 1.54) is 0 Å². The number of aliphatic hydroxyl groups excluding tert-OH is 1. The largest absolute Gasteiger partial charge is 0.493 e. The van der Waals surface area contributed by atoms with E-state index in [9.17, 15) is 5.11 Å². The number of methoxy groups -OCH3 is 1. The van der Waals surface area contributed by atoms with Crippen molar-refractivity contribution >= 4 is 0 Å². The quantitative estimate of drug-likeness (QED) is 0.832. The van der Waals surface area contributed by atoms with Gasteiger partial charge in [-0.05, 0) is 29.7 Å². The van der Waals surface area contributed by atoms with Crippen LogP contribution < -0.4 is 9.47 Å². The van der Waals surface area contributed by atoms with Gasteiger partial charge in [0.15, 0.2) is 11.5 Å². The summed E-state index contributed by atoms with van der Waals surface area (Å²) in [6, 6.07) is 15.6. The van der Waals surface area contributed by atoms with Crippen molar-refractivity contribution in [1.29, 1.82) is 0 Å². The molecule has 21 heavy (non-hydrogen) atoms. The molecule has 0 saturated heterocycles. The topological polar surface area (TPSA) is 38.7 Å². The summed E-state index contributed by atoms with van der Waals surface area (Å²) in [7, 11) is 1.62. The van der Waals surface area contributed by atoms with Gasteiger partial charge in [-0.3, -0.25) is 0 Å². The van der Waals surface area contributed by atoms with Crippen molar-refractivity contribution < 1.29 is 14.6 Å². The van der Waals surface area contributed by atoms with Crippen molar-refractivity contribution in [3.8, 4) is 11.5 Å². The molecule has 1 atom stereocenters. The van der Waals surface area contributed by atoms with E-state index in [0.717, 1.165) is 24.0 Å². The molecule has 112 valence electrons. The lowest BCUT2D eigenvalue weighted by molar-refractivity contribution is 0.165. The Balaban J connectivity index is 2.14. The molecule has 3 nitrogen and oxygen atoms in total. The van der Waals surface area contributed by atoms with Crippen LogP contribution in [0.3, 0.4) is 0 Å². The van der Waals surface area contributed by atoms with Crippen LogP contribution in [-0.4, -0.2) is 12.2 Å². The lowest BCUT2D eigenvalue weighted by atomic mass is 10.0. The molecule has 2 aromatic rings. The number of ether oxygens (including phenoxy) is 2. The average Bonchev–Trinajstić information content (AvgIpc) is 2.54. The second-order valence-electron chi connectivity index (χ2n) is 4.99. The van der Waals surface area contributed by atoms with E-state index in [1.807, 2.05) is 48.5 Å². The van der Waals surface area contributed by atoms with Crippen LogP contribution in [0.2, 0.25) is 0 Å². The molecule has 0 aliphatic rings. The predicted octanol–water partition coefficient (Wildman–Crippen LogP) is 4.11. The van der Waals surface area contributed by atoms with Crippen molar-refractivity contribution in [2.75, 3.05) is 7.11 Å². The first-order chi connectivity index (χ1) is 10.2. The van der Waals surface area contributed by atoms with Crippen LogP contribution in [0.5, 0.6) is 11.5 Å². The van der Waals surface area contributed by atoms with Crippen molar-refractivity contribution in [3.63, 3.8) is 0 Å². The first kappa shape index (κ1) is 15.4. The molecule has 1 N–H and O–H groups in total. The van der Waals surface area contributed by atoms with Gasteiger partial charge in [-0.1, -0.05) is 49.7 Å². The van der Waals surface area contributed by atoms with Gasteiger partial charge in [0, 0.05) is 0 Å². The molecule has 0 amide bonds. The lowest BCUT2D eigenvalue weighted by Crippen LogP contribution is -2.01. The van der Waals surface area contributed by atoms with Crippen LogP contribution in [-0.2, 0) is 6.61 Å². The Kier molecular flexibility index (Phi) is 5.64. The summed E-state index contributed by atoms with van der Waals surface area (Å²) in [6.07, 6.45) is 1.22. The first-order valence-corrected chi connectivity index (χ1v) is 7.27. The van der Waals surface area contributed by atoms with Gasteiger partial charge in [0.25, 0.3) is 0 Å². The normalized spacial score (nSPS) is 12.0. The monoisotopic (exact) mass is 286 g/mol. The highest BCUT2D eigenvalue weighted by Gasteiger charge is 2.11. The van der Waals surface area contributed by atoms with Gasteiger partial charge in [-0.25, -0.2) is 0 Å². The van der Waals surface area contributed by atoms with Crippen LogP contribution in [0.25, 0.3) is 0 Å². The highest BCUT2D eigenvalue weighted by molar-refractivity contribution is 5.43. The smallest absolute Gasteiger partial charge is 0.162 e. The Morgan fingerprint density at radius 1 is 1.05 bits per heavy atom. The minimum atomic E-state index is -0.458. The van der Waals surface area contributed by atoms with Gasteiger partial charge in [0.05, 0.1) is 13.2 Å². The highest BCUT2D eigenvalue weighted by atomic mass is 16.5. The standard InChI is InChI=1S/C18H22O3/c1-3-7-16(19)15-10-11-17(20-2)18(12-15)21-13-14-8-5-4-6-9-14/h4-6,8-12,16,19H,3,7,13H2,1-2H3. The number of benzene rings is 2. The molecule has 0 fully saturated rings. The molecule has 0 bridgehead atoms. The maximum atomic E-state index is 10.1. The van der Waals surface area contributed by atoms with E-state index in [2.05, 4.69) is 6.92 Å². The second-order valence-corrected chi connectivity index (χ2v) is 4.99. The van der Waals surface area contributed by atoms with Crippen molar-refractivity contribution in [2.45, 2.75) is 32.5 Å². The number of aliphatic hydroxyl groups is 1. The molecular weight excluding hydrogens is 264 g/mol. The summed E-state index contributed by atoms with van der Waals surface area (Å²) < 4.78 is 11.2. The van der Waals surface area contributed by atoms with E-state index < -0.39 is 6.10 Å². The zero-order valence-corrected chi connectivity index (χ0v) is 12.6. The van der Waals surface area contributed by atoms with Gasteiger partial charge >= 0.3 is 0 Å². The third-order valence-corrected chi connectivity index (χ3v) is 3.37. The Labute approximate surface area is 126 Å². The summed E-state index contributed by atoms with van der Waals surface area (Å²) in [5, 5.41) is 10.1. The Morgan fingerprint density at radius 2 is 1.81 bits per heavy atom. The molecule has 0 aromatic heterocycles. The number of hydrogen-bond donors (Lipinski definition) is 1. The van der Waals surface area contributed by atoms with Crippen LogP contribution in [0.1, 0.15) is 37.0 Å². The SMILES string of the molecule is CCCC(O)c1ccc(OC)c(OCc2ccccc2)c1. The fourth-order valence-electron chi connectivity index (χ4n) is 2.19. The first-order valence-electron chi connectivity index (χ1n) is 7.27. The summed E-state index contributed by atoms with van der Waals surface area (Å²) >= 11 is 0. The van der Waals surface area contributed by atoms with E-state index in [0.29, 0.717) is 18.1 Å². The van der Waals surface area contributed by atoms with E-state index in [-0.39, 0.29) is 0 Å². The van der Waals surface area contributed by atoms with Crippen LogP contribution in [0.4, 0.5) is 0 Å². The zero-order chi connectivity index (χ0) is 15.1. The van der Waals surface area contributed by atoms with Gasteiger partial charge in [-0.2, -0.15) is 0 Å². The van der Waals surface area contributed by atoms with Crippen molar-refractivity contribution in [3.05, 3.63) is 59.7 Å². The van der Waals surface area contributed by atoms with E-state index >= 15 is 0 Å². The van der Waals surface area contributed by atoms with Gasteiger partial charge in [0.1, 0.15) is 6.61 Å². The number of rotatable bonds is 7. The summed E-state index contributed by atoms with van der Waals surface area (Å²) in [4.78, 5) is 0. The summed E-state index contributed by atoms with van der Waals surface area (Å²) in [6.45, 7) is 2.53. The van der Waals surface area contributed by atoms with Gasteiger partial charge < -0.3 is 14.6 Å². The molecule has 0 aliphatic heterocycles. The molecule has 0 radical (unpaired) electrons. The maximum absolute atomic E-state index is 10.1. The molecule has 1 unspecified atom stereocenters. The lowest BCUT2D eigenvalue weighted by Gasteiger charge is -2.15. The molecule has 0 saturated carbocycles. The number of hydrogen-bond acceptors (Lipinski definition) is 3. The van der Waals surface area contributed by atoms with Crippen LogP contribution >= 0.6 is 0 Å². The maximum Gasteiger partial charge on any atom is 0.162 e. The Hall–Kier alpha value is -2.00. The minimum Gasteiger partial charge on any atom is -0.493 e. The fraction of sp³-hybridized carbons (Fsp3) is 0.333.